The molecular weight excluding hydrogens is 429 g/mol. The highest BCUT2D eigenvalue weighted by atomic mass is 19.4. The second-order valence-electron chi connectivity index (χ2n) is 6.85. The van der Waals surface area contributed by atoms with Crippen LogP contribution in [0.5, 0.6) is 0 Å². The molecule has 0 saturated heterocycles. The van der Waals surface area contributed by atoms with Gasteiger partial charge in [-0.05, 0) is 26.8 Å². The van der Waals surface area contributed by atoms with Crippen LogP contribution in [0, 0.1) is 0 Å². The highest BCUT2D eigenvalue weighted by Gasteiger charge is 2.90. The summed E-state index contributed by atoms with van der Waals surface area (Å²) >= 11 is 0. The van der Waals surface area contributed by atoms with Crippen molar-refractivity contribution in [2.24, 2.45) is 0 Å². The number of nitrogens with zero attached hydrogens (tertiary/aromatic N) is 1. The Labute approximate surface area is 149 Å². The van der Waals surface area contributed by atoms with Gasteiger partial charge in [-0.1, -0.05) is 0 Å². The fourth-order valence-electron chi connectivity index (χ4n) is 1.95. The molecular formula is C14H12F13N. The zero-order valence-corrected chi connectivity index (χ0v) is 14.1. The Hall–Kier alpha value is -1.63. The van der Waals surface area contributed by atoms with Crippen molar-refractivity contribution in [2.75, 3.05) is 0 Å². The van der Waals surface area contributed by atoms with E-state index in [9.17, 15) is 57.1 Å². The number of hydrogen-bond acceptors (Lipinski definition) is 0. The summed E-state index contributed by atoms with van der Waals surface area (Å²) in [4.78, 5) is 0. The molecule has 0 atom stereocenters. The van der Waals surface area contributed by atoms with E-state index in [0.717, 1.165) is 4.57 Å². The van der Waals surface area contributed by atoms with Crippen LogP contribution in [-0.2, 0) is 11.5 Å². The first-order valence-corrected chi connectivity index (χ1v) is 7.11. The first-order chi connectivity index (χ1) is 12.0. The molecule has 0 aliphatic carbocycles. The van der Waals surface area contributed by atoms with Crippen LogP contribution in [0.3, 0.4) is 0 Å². The second kappa shape index (κ2) is 6.18. The van der Waals surface area contributed by atoms with Crippen molar-refractivity contribution in [1.82, 2.24) is 4.57 Å². The predicted molar refractivity (Wildman–Crippen MR) is 69.2 cm³/mol. The fourth-order valence-corrected chi connectivity index (χ4v) is 1.95. The van der Waals surface area contributed by atoms with Gasteiger partial charge in [0, 0.05) is 23.5 Å². The van der Waals surface area contributed by atoms with Crippen molar-refractivity contribution in [1.29, 1.82) is 0 Å². The molecule has 164 valence electrons. The van der Waals surface area contributed by atoms with Crippen LogP contribution < -0.4 is 0 Å². The van der Waals surface area contributed by atoms with Gasteiger partial charge in [0.1, 0.15) is 0 Å². The molecule has 0 aliphatic heterocycles. The van der Waals surface area contributed by atoms with Gasteiger partial charge in [-0.25, -0.2) is 0 Å². The molecule has 0 spiro atoms. The summed E-state index contributed by atoms with van der Waals surface area (Å²) in [6.45, 7) is 4.04. The van der Waals surface area contributed by atoms with E-state index in [1.54, 1.807) is 0 Å². The van der Waals surface area contributed by atoms with Gasteiger partial charge in [-0.3, -0.25) is 0 Å². The summed E-state index contributed by atoms with van der Waals surface area (Å²) in [5, 5.41) is 0. The van der Waals surface area contributed by atoms with Crippen LogP contribution in [0.1, 0.15) is 26.3 Å². The molecule has 0 saturated carbocycles. The summed E-state index contributed by atoms with van der Waals surface area (Å²) in [5.41, 5.74) is -3.06. The van der Waals surface area contributed by atoms with Crippen LogP contribution in [0.2, 0.25) is 0 Å². The van der Waals surface area contributed by atoms with Crippen molar-refractivity contribution in [3.8, 4) is 0 Å². The van der Waals surface area contributed by atoms with Crippen LogP contribution in [0.4, 0.5) is 57.1 Å². The van der Waals surface area contributed by atoms with Crippen molar-refractivity contribution in [3.63, 3.8) is 0 Å². The monoisotopic (exact) mass is 441 g/mol. The average Bonchev–Trinajstić information content (AvgIpc) is 2.95. The zero-order valence-electron chi connectivity index (χ0n) is 14.1. The van der Waals surface area contributed by atoms with E-state index < -0.39 is 46.9 Å². The average molecular weight is 441 g/mol. The summed E-state index contributed by atoms with van der Waals surface area (Å²) in [6.07, 6.45) is -6.58. The molecule has 1 nitrogen and oxygen atoms in total. The number of hydrogen-bond donors (Lipinski definition) is 0. The first kappa shape index (κ1) is 24.4. The minimum absolute atomic E-state index is 0.120. The molecule has 0 aromatic carbocycles. The highest BCUT2D eigenvalue weighted by Crippen LogP contribution is 2.62. The van der Waals surface area contributed by atoms with E-state index in [1.807, 2.05) is 0 Å². The van der Waals surface area contributed by atoms with Gasteiger partial charge in [0.25, 0.3) is 0 Å². The van der Waals surface area contributed by atoms with E-state index in [0.29, 0.717) is 6.20 Å². The third-order valence-electron chi connectivity index (χ3n) is 3.76. The van der Waals surface area contributed by atoms with E-state index >= 15 is 0 Å². The normalized spacial score (nSPS) is 15.9. The van der Waals surface area contributed by atoms with E-state index in [2.05, 4.69) is 0 Å². The Morgan fingerprint density at radius 3 is 1.32 bits per heavy atom. The molecule has 1 aromatic rings. The molecule has 0 amide bonds. The number of alkyl halides is 13. The highest BCUT2D eigenvalue weighted by molar-refractivity contribution is 5.24. The Morgan fingerprint density at radius 2 is 1.00 bits per heavy atom. The Morgan fingerprint density at radius 1 is 0.607 bits per heavy atom. The van der Waals surface area contributed by atoms with Gasteiger partial charge in [-0.15, -0.1) is 0 Å². The molecule has 0 aliphatic rings. The Bertz CT molecular complexity index is 706. The quantitative estimate of drug-likeness (QED) is 0.464. The standard InChI is InChI=1S/C14H12F13N/c1-8(2,3)28-5-4-7(6-28)9(15,16)10(17,18)11(19,20)12(21,22)13(23,24)14(25,26)27/h4-6H,1-3H3. The van der Waals surface area contributed by atoms with Crippen molar-refractivity contribution in [3.05, 3.63) is 24.0 Å². The molecule has 0 fully saturated rings. The number of aromatic nitrogens is 1. The zero-order chi connectivity index (χ0) is 22.8. The molecule has 1 aromatic heterocycles. The van der Waals surface area contributed by atoms with Gasteiger partial charge in [0.2, 0.25) is 0 Å². The molecule has 0 radical (unpaired) electrons. The molecule has 1 heterocycles. The lowest BCUT2D eigenvalue weighted by Gasteiger charge is -2.39. The lowest BCUT2D eigenvalue weighted by atomic mass is 9.91. The Balaban J connectivity index is 3.55. The lowest BCUT2D eigenvalue weighted by Crippen LogP contribution is -2.69. The molecule has 1 rings (SSSR count). The summed E-state index contributed by atoms with van der Waals surface area (Å²) in [7, 11) is 0. The van der Waals surface area contributed by atoms with Gasteiger partial charge in [0.05, 0.1) is 0 Å². The third kappa shape index (κ3) is 3.21. The minimum atomic E-state index is -7.89. The smallest absolute Gasteiger partial charge is 0.349 e. The minimum Gasteiger partial charge on any atom is -0.349 e. The summed E-state index contributed by atoms with van der Waals surface area (Å²) in [5.74, 6) is -36.9. The van der Waals surface area contributed by atoms with Gasteiger partial charge in [-0.2, -0.15) is 57.1 Å². The molecule has 0 N–H and O–H groups in total. The van der Waals surface area contributed by atoms with E-state index in [1.165, 1.54) is 20.8 Å². The van der Waals surface area contributed by atoms with Gasteiger partial charge in [0.15, 0.2) is 0 Å². The first-order valence-electron chi connectivity index (χ1n) is 7.11. The number of rotatable bonds is 5. The van der Waals surface area contributed by atoms with Crippen LogP contribution >= 0.6 is 0 Å². The maximum atomic E-state index is 13.9. The van der Waals surface area contributed by atoms with E-state index in [4.69, 9.17) is 0 Å². The molecule has 0 bridgehead atoms. The lowest BCUT2D eigenvalue weighted by molar-refractivity contribution is -0.441. The van der Waals surface area contributed by atoms with Gasteiger partial charge >= 0.3 is 35.8 Å². The van der Waals surface area contributed by atoms with Crippen molar-refractivity contribution >= 4 is 0 Å². The summed E-state index contributed by atoms with van der Waals surface area (Å²) in [6, 6.07) is 0.120. The maximum absolute atomic E-state index is 13.9. The summed E-state index contributed by atoms with van der Waals surface area (Å²) < 4.78 is 171. The predicted octanol–water partition coefficient (Wildman–Crippen LogP) is 6.44. The van der Waals surface area contributed by atoms with Gasteiger partial charge < -0.3 is 4.57 Å². The maximum Gasteiger partial charge on any atom is 0.460 e. The van der Waals surface area contributed by atoms with E-state index in [-0.39, 0.29) is 12.3 Å². The number of halogens is 13. The molecule has 28 heavy (non-hydrogen) atoms. The van der Waals surface area contributed by atoms with Crippen LogP contribution in [-0.4, -0.2) is 34.4 Å². The molecule has 0 unspecified atom stereocenters. The van der Waals surface area contributed by atoms with Crippen LogP contribution in [0.15, 0.2) is 18.5 Å². The molecule has 14 heteroatoms. The largest absolute Gasteiger partial charge is 0.460 e. The third-order valence-corrected chi connectivity index (χ3v) is 3.76. The van der Waals surface area contributed by atoms with Crippen LogP contribution in [0.25, 0.3) is 0 Å². The van der Waals surface area contributed by atoms with Crippen molar-refractivity contribution in [2.45, 2.75) is 62.1 Å². The fraction of sp³-hybridized carbons (Fsp3) is 0.714. The topological polar surface area (TPSA) is 4.93 Å². The second-order valence-corrected chi connectivity index (χ2v) is 6.85. The van der Waals surface area contributed by atoms with Crippen molar-refractivity contribution < 1.29 is 57.1 Å². The SMILES string of the molecule is CC(C)(C)n1ccc(C(F)(F)C(F)(F)C(F)(F)C(F)(F)C(F)(F)C(F)(F)F)c1. The Kier molecular flexibility index (Phi) is 5.39.